The van der Waals surface area contributed by atoms with Gasteiger partial charge < -0.3 is 4.90 Å². The largest absolute Gasteiger partial charge is 0.308 e. The van der Waals surface area contributed by atoms with Gasteiger partial charge in [-0.1, -0.05) is 35.9 Å². The number of aromatic nitrogens is 1. The number of anilines is 2. The number of thiazole rings is 1. The van der Waals surface area contributed by atoms with Gasteiger partial charge in [-0.2, -0.15) is 0 Å². The third-order valence-electron chi connectivity index (χ3n) is 5.99. The molecule has 0 radical (unpaired) electrons. The summed E-state index contributed by atoms with van der Waals surface area (Å²) in [7, 11) is 0. The molecule has 0 saturated heterocycles. The Morgan fingerprint density at radius 1 is 1.13 bits per heavy atom. The van der Waals surface area contributed by atoms with E-state index in [0.29, 0.717) is 10.7 Å². The summed E-state index contributed by atoms with van der Waals surface area (Å²) in [4.78, 5) is 33.7. The molecule has 1 aromatic heterocycles. The molecular formula is C24H23N3O2S. The minimum atomic E-state index is -0.241. The highest BCUT2D eigenvalue weighted by Crippen LogP contribution is 2.42. The third-order valence-corrected chi connectivity index (χ3v) is 7.04. The van der Waals surface area contributed by atoms with Gasteiger partial charge in [0.15, 0.2) is 5.13 Å². The van der Waals surface area contributed by atoms with Crippen molar-refractivity contribution in [3.05, 3.63) is 75.8 Å². The predicted octanol–water partition coefficient (Wildman–Crippen LogP) is 4.71. The molecule has 152 valence electrons. The maximum absolute atomic E-state index is 13.5. The molecule has 0 spiro atoms. The zero-order valence-electron chi connectivity index (χ0n) is 17.0. The number of nitrogens with zero attached hydrogens (tertiary/aromatic N) is 2. The van der Waals surface area contributed by atoms with Gasteiger partial charge in [-0.3, -0.25) is 14.9 Å². The van der Waals surface area contributed by atoms with Crippen LogP contribution in [0.3, 0.4) is 0 Å². The highest BCUT2D eigenvalue weighted by atomic mass is 32.1. The number of hydrogen-bond donors (Lipinski definition) is 1. The molecule has 0 bridgehead atoms. The van der Waals surface area contributed by atoms with E-state index in [4.69, 9.17) is 0 Å². The second kappa shape index (κ2) is 7.36. The lowest BCUT2D eigenvalue weighted by Crippen LogP contribution is -2.38. The van der Waals surface area contributed by atoms with Crippen molar-refractivity contribution < 1.29 is 9.59 Å². The van der Waals surface area contributed by atoms with E-state index in [-0.39, 0.29) is 23.8 Å². The maximum atomic E-state index is 13.5. The Kier molecular flexibility index (Phi) is 4.66. The normalized spacial score (nSPS) is 19.5. The van der Waals surface area contributed by atoms with E-state index in [0.717, 1.165) is 41.1 Å². The van der Waals surface area contributed by atoms with Gasteiger partial charge in [0.2, 0.25) is 5.91 Å². The minimum absolute atomic E-state index is 0.118. The SMILES string of the molecule is Cc1ccc(C(=O)Nc2nc3c(s2)CCC3C(=O)N2c3ccccc3CC2C)cc1. The van der Waals surface area contributed by atoms with E-state index in [1.165, 1.54) is 16.9 Å². The number of nitrogens with one attached hydrogen (secondary N) is 1. The average Bonchev–Trinajstić information content (AvgIpc) is 3.39. The summed E-state index contributed by atoms with van der Waals surface area (Å²) in [6.07, 6.45) is 2.49. The van der Waals surface area contributed by atoms with Gasteiger partial charge in [0.1, 0.15) is 0 Å². The molecule has 2 atom stereocenters. The molecule has 5 rings (SSSR count). The minimum Gasteiger partial charge on any atom is -0.308 e. The van der Waals surface area contributed by atoms with Gasteiger partial charge in [-0.25, -0.2) is 4.98 Å². The first kappa shape index (κ1) is 19.0. The van der Waals surface area contributed by atoms with Crippen LogP contribution in [0.1, 0.15) is 51.3 Å². The quantitative estimate of drug-likeness (QED) is 0.671. The first-order valence-corrected chi connectivity index (χ1v) is 11.1. The van der Waals surface area contributed by atoms with Crippen LogP contribution in [0.4, 0.5) is 10.8 Å². The monoisotopic (exact) mass is 417 g/mol. The molecule has 5 nitrogen and oxygen atoms in total. The molecule has 0 saturated carbocycles. The molecule has 2 heterocycles. The number of amides is 2. The van der Waals surface area contributed by atoms with Crippen molar-refractivity contribution in [3.63, 3.8) is 0 Å². The summed E-state index contributed by atoms with van der Waals surface area (Å²) in [5, 5.41) is 3.47. The highest BCUT2D eigenvalue weighted by Gasteiger charge is 2.39. The Morgan fingerprint density at radius 2 is 1.90 bits per heavy atom. The van der Waals surface area contributed by atoms with Crippen molar-refractivity contribution >= 4 is 34.0 Å². The summed E-state index contributed by atoms with van der Waals surface area (Å²) in [5.41, 5.74) is 4.79. The van der Waals surface area contributed by atoms with Crippen LogP contribution in [0.15, 0.2) is 48.5 Å². The van der Waals surface area contributed by atoms with Crippen molar-refractivity contribution in [2.75, 3.05) is 10.2 Å². The van der Waals surface area contributed by atoms with E-state index in [1.807, 2.05) is 54.3 Å². The summed E-state index contributed by atoms with van der Waals surface area (Å²) in [6.45, 7) is 4.09. The second-order valence-corrected chi connectivity index (χ2v) is 9.21. The van der Waals surface area contributed by atoms with E-state index in [2.05, 4.69) is 23.3 Å². The van der Waals surface area contributed by atoms with Crippen LogP contribution in [-0.2, 0) is 17.6 Å². The number of hydrogen-bond acceptors (Lipinski definition) is 4. The number of carbonyl (C=O) groups excluding carboxylic acids is 2. The first-order valence-electron chi connectivity index (χ1n) is 10.3. The van der Waals surface area contributed by atoms with E-state index in [1.54, 1.807) is 0 Å². The Labute approximate surface area is 179 Å². The molecule has 30 heavy (non-hydrogen) atoms. The fourth-order valence-corrected chi connectivity index (χ4v) is 5.50. The third kappa shape index (κ3) is 3.21. The lowest BCUT2D eigenvalue weighted by atomic mass is 10.0. The summed E-state index contributed by atoms with van der Waals surface area (Å²) < 4.78 is 0. The predicted molar refractivity (Wildman–Crippen MR) is 119 cm³/mol. The lowest BCUT2D eigenvalue weighted by molar-refractivity contribution is -0.120. The number of rotatable bonds is 3. The van der Waals surface area contributed by atoms with Crippen LogP contribution in [-0.4, -0.2) is 22.8 Å². The number of fused-ring (bicyclic) bond motifs is 2. The van der Waals surface area contributed by atoms with Gasteiger partial charge in [-0.05, 0) is 56.9 Å². The van der Waals surface area contributed by atoms with Gasteiger partial charge in [0.05, 0.1) is 11.6 Å². The summed E-state index contributed by atoms with van der Waals surface area (Å²) >= 11 is 1.48. The highest BCUT2D eigenvalue weighted by molar-refractivity contribution is 7.16. The number of para-hydroxylation sites is 1. The molecule has 2 amide bonds. The van der Waals surface area contributed by atoms with Gasteiger partial charge in [0, 0.05) is 22.2 Å². The smallest absolute Gasteiger partial charge is 0.257 e. The van der Waals surface area contributed by atoms with Gasteiger partial charge in [0.25, 0.3) is 5.91 Å². The van der Waals surface area contributed by atoms with Crippen molar-refractivity contribution in [3.8, 4) is 0 Å². The zero-order valence-corrected chi connectivity index (χ0v) is 17.8. The van der Waals surface area contributed by atoms with Crippen LogP contribution in [0.25, 0.3) is 0 Å². The van der Waals surface area contributed by atoms with Gasteiger partial charge in [-0.15, -0.1) is 11.3 Å². The lowest BCUT2D eigenvalue weighted by Gasteiger charge is -2.25. The molecular weight excluding hydrogens is 394 g/mol. The number of benzene rings is 2. The van der Waals surface area contributed by atoms with Crippen LogP contribution >= 0.6 is 11.3 Å². The summed E-state index contributed by atoms with van der Waals surface area (Å²) in [5.74, 6) is -0.296. The Bertz CT molecular complexity index is 1140. The fourth-order valence-electron chi connectivity index (χ4n) is 4.46. The average molecular weight is 418 g/mol. The van der Waals surface area contributed by atoms with Crippen LogP contribution in [0.2, 0.25) is 0 Å². The molecule has 2 aliphatic rings. The first-order chi connectivity index (χ1) is 14.5. The molecule has 6 heteroatoms. The van der Waals surface area contributed by atoms with Crippen molar-refractivity contribution in [1.29, 1.82) is 0 Å². The number of carbonyl (C=O) groups is 2. The molecule has 1 aliphatic carbocycles. The fraction of sp³-hybridized carbons (Fsp3) is 0.292. The Hall–Kier alpha value is -2.99. The Morgan fingerprint density at radius 3 is 2.70 bits per heavy atom. The van der Waals surface area contributed by atoms with E-state index in [9.17, 15) is 9.59 Å². The molecule has 0 fully saturated rings. The van der Waals surface area contributed by atoms with Crippen molar-refractivity contribution in [2.45, 2.75) is 45.1 Å². The van der Waals surface area contributed by atoms with Crippen LogP contribution in [0, 0.1) is 6.92 Å². The van der Waals surface area contributed by atoms with Gasteiger partial charge >= 0.3 is 0 Å². The Balaban J connectivity index is 1.36. The standard InChI is InChI=1S/C24H23N3O2S/c1-14-7-9-16(10-8-14)22(28)26-24-25-21-18(11-12-20(21)30-24)23(29)27-15(2)13-17-5-3-4-6-19(17)27/h3-10,15,18H,11-13H2,1-2H3,(H,25,26,28). The zero-order chi connectivity index (χ0) is 20.8. The second-order valence-electron chi connectivity index (χ2n) is 8.13. The van der Waals surface area contributed by atoms with Crippen molar-refractivity contribution in [1.82, 2.24) is 4.98 Å². The molecule has 2 aromatic carbocycles. The molecule has 1 aliphatic heterocycles. The van der Waals surface area contributed by atoms with Crippen molar-refractivity contribution in [2.24, 2.45) is 0 Å². The van der Waals surface area contributed by atoms with E-state index < -0.39 is 0 Å². The molecule has 1 N–H and O–H groups in total. The topological polar surface area (TPSA) is 62.3 Å². The maximum Gasteiger partial charge on any atom is 0.257 e. The summed E-state index contributed by atoms with van der Waals surface area (Å²) in [6, 6.07) is 15.7. The molecule has 2 unspecified atom stereocenters. The van der Waals surface area contributed by atoms with Crippen LogP contribution < -0.4 is 10.2 Å². The van der Waals surface area contributed by atoms with Crippen LogP contribution in [0.5, 0.6) is 0 Å². The molecule has 3 aromatic rings. The van der Waals surface area contributed by atoms with E-state index >= 15 is 0 Å². The number of aryl methyl sites for hydroxylation is 2.